The van der Waals surface area contributed by atoms with Crippen LogP contribution < -0.4 is 10.1 Å². The van der Waals surface area contributed by atoms with E-state index in [2.05, 4.69) is 11.9 Å². The highest BCUT2D eigenvalue weighted by Gasteiger charge is 2.30. The first-order valence-electron chi connectivity index (χ1n) is 11.0. The molecule has 33 heavy (non-hydrogen) atoms. The Balaban J connectivity index is 1.93. The summed E-state index contributed by atoms with van der Waals surface area (Å²) in [6.45, 7) is 4.34. The number of methoxy groups -OCH3 is 1. The van der Waals surface area contributed by atoms with Crippen LogP contribution in [0.2, 0.25) is 0 Å². The molecule has 1 atom stereocenters. The molecule has 5 nitrogen and oxygen atoms in total. The molecule has 3 aromatic carbocycles. The van der Waals surface area contributed by atoms with Crippen LogP contribution in [-0.2, 0) is 29.0 Å². The molecule has 0 aromatic heterocycles. The van der Waals surface area contributed by atoms with Gasteiger partial charge in [0.1, 0.15) is 11.8 Å². The van der Waals surface area contributed by atoms with Crippen LogP contribution in [-0.4, -0.2) is 36.4 Å². The number of amides is 2. The minimum Gasteiger partial charge on any atom is -0.497 e. The largest absolute Gasteiger partial charge is 0.497 e. The number of ether oxygens (including phenoxy) is 1. The maximum absolute atomic E-state index is 13.6. The van der Waals surface area contributed by atoms with Gasteiger partial charge in [0.05, 0.1) is 13.5 Å². The molecule has 3 aromatic rings. The van der Waals surface area contributed by atoms with E-state index < -0.39 is 6.04 Å². The van der Waals surface area contributed by atoms with Gasteiger partial charge in [-0.2, -0.15) is 0 Å². The third-order valence-electron chi connectivity index (χ3n) is 5.40. The molecule has 5 heteroatoms. The van der Waals surface area contributed by atoms with E-state index in [1.165, 1.54) is 0 Å². The van der Waals surface area contributed by atoms with Crippen LogP contribution in [0.25, 0.3) is 0 Å². The molecule has 2 amide bonds. The van der Waals surface area contributed by atoms with Crippen molar-refractivity contribution in [3.63, 3.8) is 0 Å². The number of hydrogen-bond acceptors (Lipinski definition) is 3. The second-order valence-corrected chi connectivity index (χ2v) is 7.77. The van der Waals surface area contributed by atoms with Crippen LogP contribution in [0.15, 0.2) is 97.6 Å². The number of carbonyl (C=O) groups is 2. The Morgan fingerprint density at radius 2 is 1.52 bits per heavy atom. The molecule has 0 saturated carbocycles. The fourth-order valence-electron chi connectivity index (χ4n) is 3.64. The maximum atomic E-state index is 13.6. The van der Waals surface area contributed by atoms with Crippen molar-refractivity contribution in [1.29, 1.82) is 0 Å². The topological polar surface area (TPSA) is 58.6 Å². The van der Waals surface area contributed by atoms with E-state index in [9.17, 15) is 9.59 Å². The van der Waals surface area contributed by atoms with Crippen LogP contribution in [0.1, 0.15) is 16.7 Å². The van der Waals surface area contributed by atoms with Crippen molar-refractivity contribution in [3.05, 3.63) is 114 Å². The number of carbonyl (C=O) groups excluding carboxylic acids is 2. The smallest absolute Gasteiger partial charge is 0.243 e. The van der Waals surface area contributed by atoms with Crippen LogP contribution in [0.4, 0.5) is 0 Å². The fraction of sp³-hybridized carbons (Fsp3) is 0.214. The van der Waals surface area contributed by atoms with E-state index in [4.69, 9.17) is 4.74 Å². The lowest BCUT2D eigenvalue weighted by Crippen LogP contribution is -2.51. The van der Waals surface area contributed by atoms with Gasteiger partial charge in [0, 0.05) is 19.5 Å². The molecule has 170 valence electrons. The Morgan fingerprint density at radius 1 is 0.909 bits per heavy atom. The summed E-state index contributed by atoms with van der Waals surface area (Å²) in [5.41, 5.74) is 2.82. The highest BCUT2D eigenvalue weighted by Crippen LogP contribution is 2.18. The van der Waals surface area contributed by atoms with Crippen LogP contribution >= 0.6 is 0 Å². The molecule has 0 aliphatic heterocycles. The number of hydrogen-bond donors (Lipinski definition) is 1. The van der Waals surface area contributed by atoms with Crippen LogP contribution in [0.5, 0.6) is 5.75 Å². The van der Waals surface area contributed by atoms with Crippen LogP contribution in [0.3, 0.4) is 0 Å². The van der Waals surface area contributed by atoms with E-state index in [-0.39, 0.29) is 18.2 Å². The minimum absolute atomic E-state index is 0.105. The van der Waals surface area contributed by atoms with E-state index in [0.717, 1.165) is 22.4 Å². The van der Waals surface area contributed by atoms with Crippen molar-refractivity contribution in [2.75, 3.05) is 13.7 Å². The van der Waals surface area contributed by atoms with Gasteiger partial charge in [0.2, 0.25) is 11.8 Å². The Morgan fingerprint density at radius 3 is 2.09 bits per heavy atom. The van der Waals surface area contributed by atoms with E-state index in [1.807, 2.05) is 84.9 Å². The van der Waals surface area contributed by atoms with Gasteiger partial charge in [-0.1, -0.05) is 78.9 Å². The fourth-order valence-corrected chi connectivity index (χ4v) is 3.64. The van der Waals surface area contributed by atoms with Crippen LogP contribution in [0, 0.1) is 0 Å². The van der Waals surface area contributed by atoms with Crippen molar-refractivity contribution >= 4 is 11.8 Å². The highest BCUT2D eigenvalue weighted by molar-refractivity contribution is 5.88. The van der Waals surface area contributed by atoms with Crippen molar-refractivity contribution in [2.24, 2.45) is 0 Å². The molecule has 0 saturated heterocycles. The zero-order valence-electron chi connectivity index (χ0n) is 18.9. The van der Waals surface area contributed by atoms with Gasteiger partial charge < -0.3 is 15.0 Å². The second-order valence-electron chi connectivity index (χ2n) is 7.77. The monoisotopic (exact) mass is 442 g/mol. The summed E-state index contributed by atoms with van der Waals surface area (Å²) in [4.78, 5) is 28.5. The highest BCUT2D eigenvalue weighted by atomic mass is 16.5. The zero-order valence-corrected chi connectivity index (χ0v) is 18.9. The SMILES string of the molecule is C=CCNC(=O)[C@@H](Cc1ccccc1)N(Cc1ccc(OC)cc1)C(=O)Cc1ccccc1. The summed E-state index contributed by atoms with van der Waals surface area (Å²) in [6.07, 6.45) is 2.27. The summed E-state index contributed by atoms with van der Waals surface area (Å²) < 4.78 is 5.26. The van der Waals surface area contributed by atoms with Gasteiger partial charge in [-0.15, -0.1) is 6.58 Å². The molecular formula is C28H30N2O3. The summed E-state index contributed by atoms with van der Waals surface area (Å²) >= 11 is 0. The van der Waals surface area contributed by atoms with Crippen molar-refractivity contribution < 1.29 is 14.3 Å². The van der Waals surface area contributed by atoms with Gasteiger partial charge in [-0.05, 0) is 28.8 Å². The maximum Gasteiger partial charge on any atom is 0.243 e. The molecule has 0 spiro atoms. The van der Waals surface area contributed by atoms with Gasteiger partial charge in [0.25, 0.3) is 0 Å². The van der Waals surface area contributed by atoms with Crippen molar-refractivity contribution in [1.82, 2.24) is 10.2 Å². The molecule has 0 unspecified atom stereocenters. The standard InChI is InChI=1S/C28H30N2O3/c1-3-18-29-28(32)26(19-22-10-6-4-7-11-22)30(21-24-14-16-25(33-2)17-15-24)27(31)20-23-12-8-5-9-13-23/h3-17,26H,1,18-21H2,2H3,(H,29,32)/t26-/m1/s1. The minimum atomic E-state index is -0.661. The average Bonchev–Trinajstić information content (AvgIpc) is 2.86. The van der Waals surface area contributed by atoms with Gasteiger partial charge in [0.15, 0.2) is 0 Å². The van der Waals surface area contributed by atoms with Gasteiger partial charge >= 0.3 is 0 Å². The predicted octanol–water partition coefficient (Wildman–Crippen LogP) is 4.18. The number of benzene rings is 3. The first-order chi connectivity index (χ1) is 16.1. The molecule has 1 N–H and O–H groups in total. The number of nitrogens with one attached hydrogen (secondary N) is 1. The molecule has 3 rings (SSSR count). The molecule has 0 fully saturated rings. The van der Waals surface area contributed by atoms with Crippen molar-refractivity contribution in [2.45, 2.75) is 25.4 Å². The average molecular weight is 443 g/mol. The lowest BCUT2D eigenvalue weighted by Gasteiger charge is -2.31. The Hall–Kier alpha value is -3.86. The van der Waals surface area contributed by atoms with E-state index in [0.29, 0.717) is 19.5 Å². The predicted molar refractivity (Wildman–Crippen MR) is 131 cm³/mol. The summed E-state index contributed by atoms with van der Waals surface area (Å²) in [5, 5.41) is 2.89. The molecule has 0 radical (unpaired) electrons. The summed E-state index contributed by atoms with van der Waals surface area (Å²) in [6, 6.07) is 26.2. The third kappa shape index (κ3) is 7.07. The summed E-state index contributed by atoms with van der Waals surface area (Å²) in [5.74, 6) is 0.436. The Kier molecular flexibility index (Phi) is 8.83. The third-order valence-corrected chi connectivity index (χ3v) is 5.40. The first kappa shape index (κ1) is 23.8. The van der Waals surface area contributed by atoms with Gasteiger partial charge in [-0.3, -0.25) is 9.59 Å². The molecule has 0 aliphatic rings. The number of rotatable bonds is 11. The quantitative estimate of drug-likeness (QED) is 0.453. The zero-order chi connectivity index (χ0) is 23.5. The molecule has 0 bridgehead atoms. The number of nitrogens with zero attached hydrogens (tertiary/aromatic N) is 1. The van der Waals surface area contributed by atoms with Gasteiger partial charge in [-0.25, -0.2) is 0 Å². The molecule has 0 aliphatic carbocycles. The molecule has 0 heterocycles. The lowest BCUT2D eigenvalue weighted by molar-refractivity contribution is -0.140. The van der Waals surface area contributed by atoms with E-state index >= 15 is 0 Å². The van der Waals surface area contributed by atoms with E-state index in [1.54, 1.807) is 18.1 Å². The second kappa shape index (κ2) is 12.2. The summed E-state index contributed by atoms with van der Waals surface area (Å²) in [7, 11) is 1.62. The Labute approximate surface area is 195 Å². The Bertz CT molecular complexity index is 1030. The van der Waals surface area contributed by atoms with Crippen molar-refractivity contribution in [3.8, 4) is 5.75 Å². The molecular weight excluding hydrogens is 412 g/mol. The lowest BCUT2D eigenvalue weighted by atomic mass is 10.0. The normalized spacial score (nSPS) is 11.3. The first-order valence-corrected chi connectivity index (χ1v) is 11.0.